The molecule has 0 bridgehead atoms. The van der Waals surface area contributed by atoms with Gasteiger partial charge in [0.1, 0.15) is 0 Å². The van der Waals surface area contributed by atoms with E-state index in [4.69, 9.17) is 4.52 Å². The van der Waals surface area contributed by atoms with Gasteiger partial charge >= 0.3 is 0 Å². The Hall–Kier alpha value is -3.52. The number of benzene rings is 2. The zero-order valence-corrected chi connectivity index (χ0v) is 19.4. The van der Waals surface area contributed by atoms with Crippen LogP contribution in [0.15, 0.2) is 53.1 Å². The van der Waals surface area contributed by atoms with Crippen molar-refractivity contribution < 1.29 is 14.1 Å². The predicted molar refractivity (Wildman–Crippen MR) is 129 cm³/mol. The molecule has 2 saturated heterocycles. The zero-order valence-electron chi connectivity index (χ0n) is 19.4. The van der Waals surface area contributed by atoms with Crippen molar-refractivity contribution >= 4 is 23.2 Å². The molecule has 0 aliphatic carbocycles. The van der Waals surface area contributed by atoms with Crippen molar-refractivity contribution in [2.45, 2.75) is 39.2 Å². The fourth-order valence-electron chi connectivity index (χ4n) is 4.66. The van der Waals surface area contributed by atoms with E-state index in [2.05, 4.69) is 20.4 Å². The van der Waals surface area contributed by atoms with Crippen LogP contribution >= 0.6 is 0 Å². The van der Waals surface area contributed by atoms with E-state index in [1.54, 1.807) is 4.90 Å². The highest BCUT2D eigenvalue weighted by atomic mass is 16.5. The van der Waals surface area contributed by atoms with Crippen LogP contribution < -0.4 is 10.2 Å². The number of amides is 2. The third-order valence-electron chi connectivity index (χ3n) is 6.58. The number of carbonyl (C=O) groups excluding carboxylic acids is 2. The van der Waals surface area contributed by atoms with Crippen molar-refractivity contribution in [3.8, 4) is 11.4 Å². The summed E-state index contributed by atoms with van der Waals surface area (Å²) in [7, 11) is 0. The lowest BCUT2D eigenvalue weighted by Crippen LogP contribution is -2.37. The number of hydrogen-bond donors (Lipinski definition) is 1. The molecule has 1 N–H and O–H groups in total. The Kier molecular flexibility index (Phi) is 6.40. The fourth-order valence-corrected chi connectivity index (χ4v) is 4.66. The summed E-state index contributed by atoms with van der Waals surface area (Å²) >= 11 is 0. The fraction of sp³-hybridized carbons (Fsp3) is 0.385. The molecule has 1 aromatic heterocycles. The highest BCUT2D eigenvalue weighted by Gasteiger charge is 2.26. The molecule has 8 nitrogen and oxygen atoms in total. The summed E-state index contributed by atoms with van der Waals surface area (Å²) in [5, 5.41) is 7.15. The molecule has 2 aliphatic rings. The molecule has 2 amide bonds. The first-order valence-electron chi connectivity index (χ1n) is 11.9. The van der Waals surface area contributed by atoms with Gasteiger partial charge in [0.15, 0.2) is 0 Å². The topological polar surface area (TPSA) is 91.6 Å². The molecule has 8 heteroatoms. The van der Waals surface area contributed by atoms with Gasteiger partial charge in [0.25, 0.3) is 0 Å². The molecule has 2 aliphatic heterocycles. The molecule has 0 saturated carbocycles. The molecular weight excluding hydrogens is 430 g/mol. The molecule has 34 heavy (non-hydrogen) atoms. The van der Waals surface area contributed by atoms with Crippen LogP contribution in [0, 0.1) is 12.8 Å². The van der Waals surface area contributed by atoms with E-state index < -0.39 is 0 Å². The van der Waals surface area contributed by atoms with Gasteiger partial charge in [-0.05, 0) is 69.6 Å². The van der Waals surface area contributed by atoms with E-state index in [1.165, 1.54) is 0 Å². The van der Waals surface area contributed by atoms with Crippen LogP contribution in [-0.4, -0.2) is 46.5 Å². The summed E-state index contributed by atoms with van der Waals surface area (Å²) in [6.07, 6.45) is 3.07. The molecule has 0 radical (unpaired) electrons. The Morgan fingerprint density at radius 3 is 2.62 bits per heavy atom. The first kappa shape index (κ1) is 22.3. The molecular formula is C26H29N5O3. The number of aromatic nitrogens is 2. The van der Waals surface area contributed by atoms with Crippen LogP contribution in [0.2, 0.25) is 0 Å². The Bertz CT molecular complexity index is 1170. The summed E-state index contributed by atoms with van der Waals surface area (Å²) < 4.78 is 5.46. The van der Waals surface area contributed by atoms with Gasteiger partial charge in [0.2, 0.25) is 23.5 Å². The minimum absolute atomic E-state index is 0.0263. The molecule has 2 fully saturated rings. The third kappa shape index (κ3) is 5.02. The van der Waals surface area contributed by atoms with Crippen molar-refractivity contribution in [1.82, 2.24) is 15.0 Å². The second-order valence-electron chi connectivity index (χ2n) is 9.12. The number of anilines is 2. The number of likely N-dealkylation sites (tertiary alicyclic amines) is 1. The second-order valence-corrected chi connectivity index (χ2v) is 9.12. The lowest BCUT2D eigenvalue weighted by molar-refractivity contribution is -0.121. The monoisotopic (exact) mass is 459 g/mol. The van der Waals surface area contributed by atoms with Crippen LogP contribution in [0.5, 0.6) is 0 Å². The SMILES string of the molecule is Cc1cccc(-c2noc(CN3CCC(C(=O)Nc4ccc(N5CCCC5=O)cc4)CC3)n2)c1. The van der Waals surface area contributed by atoms with Gasteiger partial charge in [-0.15, -0.1) is 0 Å². The number of rotatable bonds is 6. The van der Waals surface area contributed by atoms with Crippen molar-refractivity contribution in [2.24, 2.45) is 5.92 Å². The number of carbonyl (C=O) groups is 2. The Morgan fingerprint density at radius 1 is 1.12 bits per heavy atom. The third-order valence-corrected chi connectivity index (χ3v) is 6.58. The van der Waals surface area contributed by atoms with Crippen LogP contribution in [-0.2, 0) is 16.1 Å². The van der Waals surface area contributed by atoms with Gasteiger partial charge in [-0.2, -0.15) is 4.98 Å². The van der Waals surface area contributed by atoms with Crippen molar-refractivity contribution in [1.29, 1.82) is 0 Å². The van der Waals surface area contributed by atoms with E-state index in [-0.39, 0.29) is 17.7 Å². The maximum Gasteiger partial charge on any atom is 0.241 e. The van der Waals surface area contributed by atoms with E-state index in [9.17, 15) is 9.59 Å². The van der Waals surface area contributed by atoms with Gasteiger partial charge in [-0.3, -0.25) is 14.5 Å². The molecule has 0 spiro atoms. The predicted octanol–water partition coefficient (Wildman–Crippen LogP) is 4.02. The minimum Gasteiger partial charge on any atom is -0.338 e. The first-order valence-corrected chi connectivity index (χ1v) is 11.9. The van der Waals surface area contributed by atoms with Gasteiger partial charge in [0, 0.05) is 35.8 Å². The Morgan fingerprint density at radius 2 is 1.91 bits per heavy atom. The van der Waals surface area contributed by atoms with E-state index in [1.807, 2.05) is 55.5 Å². The molecule has 176 valence electrons. The quantitative estimate of drug-likeness (QED) is 0.599. The molecule has 2 aromatic carbocycles. The summed E-state index contributed by atoms with van der Waals surface area (Å²) in [5.41, 5.74) is 3.75. The largest absolute Gasteiger partial charge is 0.338 e. The normalized spacial score (nSPS) is 17.3. The first-order chi connectivity index (χ1) is 16.5. The lowest BCUT2D eigenvalue weighted by Gasteiger charge is -2.30. The highest BCUT2D eigenvalue weighted by Crippen LogP contribution is 2.25. The molecule has 3 heterocycles. The number of hydrogen-bond acceptors (Lipinski definition) is 6. The van der Waals surface area contributed by atoms with Crippen molar-refractivity contribution in [3.63, 3.8) is 0 Å². The van der Waals surface area contributed by atoms with Crippen LogP contribution in [0.3, 0.4) is 0 Å². The average Bonchev–Trinajstić information content (AvgIpc) is 3.49. The van der Waals surface area contributed by atoms with Crippen molar-refractivity contribution in [3.05, 3.63) is 60.0 Å². The summed E-state index contributed by atoms with van der Waals surface area (Å²) in [4.78, 5) is 33.3. The highest BCUT2D eigenvalue weighted by molar-refractivity contribution is 5.96. The van der Waals surface area contributed by atoms with E-state index in [0.29, 0.717) is 24.7 Å². The second kappa shape index (κ2) is 9.77. The summed E-state index contributed by atoms with van der Waals surface area (Å²) in [5.74, 6) is 1.38. The van der Waals surface area contributed by atoms with Gasteiger partial charge < -0.3 is 14.7 Å². The molecule has 0 atom stereocenters. The zero-order chi connectivity index (χ0) is 23.5. The van der Waals surface area contributed by atoms with Crippen molar-refractivity contribution in [2.75, 3.05) is 29.9 Å². The summed E-state index contributed by atoms with van der Waals surface area (Å²) in [6, 6.07) is 15.6. The molecule has 3 aromatic rings. The smallest absolute Gasteiger partial charge is 0.241 e. The van der Waals surface area contributed by atoms with Gasteiger partial charge in [-0.1, -0.05) is 28.9 Å². The number of piperidine rings is 1. The van der Waals surface area contributed by atoms with E-state index in [0.717, 1.165) is 61.4 Å². The summed E-state index contributed by atoms with van der Waals surface area (Å²) in [6.45, 7) is 4.99. The van der Waals surface area contributed by atoms with Gasteiger partial charge in [-0.25, -0.2) is 0 Å². The standard InChI is InChI=1S/C26H29N5O3/c1-18-4-2-5-20(16-18)25-28-23(34-29-25)17-30-14-11-19(12-15-30)26(33)27-21-7-9-22(10-8-21)31-13-3-6-24(31)32/h2,4-5,7-10,16,19H,3,6,11-15,17H2,1H3,(H,27,33). The Balaban J connectivity index is 1.11. The molecule has 0 unspecified atom stereocenters. The lowest BCUT2D eigenvalue weighted by atomic mass is 9.96. The number of nitrogens with one attached hydrogen (secondary N) is 1. The average molecular weight is 460 g/mol. The number of aryl methyl sites for hydroxylation is 1. The maximum atomic E-state index is 12.8. The van der Waals surface area contributed by atoms with Crippen LogP contribution in [0.4, 0.5) is 11.4 Å². The van der Waals surface area contributed by atoms with Crippen LogP contribution in [0.1, 0.15) is 37.1 Å². The molecule has 5 rings (SSSR count). The minimum atomic E-state index is -0.0263. The maximum absolute atomic E-state index is 12.8. The van der Waals surface area contributed by atoms with Crippen LogP contribution in [0.25, 0.3) is 11.4 Å². The van der Waals surface area contributed by atoms with Gasteiger partial charge in [0.05, 0.1) is 6.54 Å². The van der Waals surface area contributed by atoms with E-state index >= 15 is 0 Å². The Labute approximate surface area is 198 Å². The number of nitrogens with zero attached hydrogens (tertiary/aromatic N) is 4.